The molecule has 21 heavy (non-hydrogen) atoms. The quantitative estimate of drug-likeness (QED) is 0.760. The summed E-state index contributed by atoms with van der Waals surface area (Å²) in [4.78, 5) is 16.8. The Hall–Kier alpha value is -3.02. The van der Waals surface area contributed by atoms with Gasteiger partial charge in [-0.25, -0.2) is 19.9 Å². The number of anilines is 2. The van der Waals surface area contributed by atoms with Crippen LogP contribution in [0.5, 0.6) is 0 Å². The number of nitrogens with two attached hydrogens (primary N) is 1. The minimum Gasteiger partial charge on any atom is -0.384 e. The van der Waals surface area contributed by atoms with Gasteiger partial charge in [-0.05, 0) is 6.07 Å². The first-order valence-electron chi connectivity index (χ1n) is 6.50. The predicted octanol–water partition coefficient (Wildman–Crippen LogP) is 2.13. The van der Waals surface area contributed by atoms with Gasteiger partial charge in [-0.2, -0.15) is 0 Å². The van der Waals surface area contributed by atoms with Gasteiger partial charge in [0.1, 0.15) is 18.0 Å². The highest BCUT2D eigenvalue weighted by Crippen LogP contribution is 2.18. The third kappa shape index (κ3) is 3.30. The molecule has 0 atom stereocenters. The first-order chi connectivity index (χ1) is 10.3. The van der Waals surface area contributed by atoms with Gasteiger partial charge in [0.15, 0.2) is 5.82 Å². The van der Waals surface area contributed by atoms with E-state index in [0.717, 1.165) is 11.3 Å². The lowest BCUT2D eigenvalue weighted by Gasteiger charge is -2.08. The molecule has 3 aromatic rings. The maximum atomic E-state index is 5.85. The van der Waals surface area contributed by atoms with Gasteiger partial charge in [0, 0.05) is 17.8 Å². The molecule has 3 rings (SSSR count). The molecule has 3 N–H and O–H groups in total. The third-order valence-corrected chi connectivity index (χ3v) is 2.87. The van der Waals surface area contributed by atoms with Crippen LogP contribution in [0, 0.1) is 0 Å². The number of aromatic nitrogens is 4. The summed E-state index contributed by atoms with van der Waals surface area (Å²) in [5.74, 6) is 1.69. The molecule has 0 spiro atoms. The number of rotatable bonds is 4. The van der Waals surface area contributed by atoms with Gasteiger partial charge < -0.3 is 11.1 Å². The van der Waals surface area contributed by atoms with Crippen molar-refractivity contribution in [2.45, 2.75) is 6.54 Å². The van der Waals surface area contributed by atoms with E-state index in [0.29, 0.717) is 24.0 Å². The number of nitrogens with one attached hydrogen (secondary N) is 1. The summed E-state index contributed by atoms with van der Waals surface area (Å²) in [5.41, 5.74) is 7.65. The average Bonchev–Trinajstić information content (AvgIpc) is 2.54. The summed E-state index contributed by atoms with van der Waals surface area (Å²) in [6, 6.07) is 13.3. The van der Waals surface area contributed by atoms with Gasteiger partial charge in [-0.15, -0.1) is 0 Å². The zero-order chi connectivity index (χ0) is 14.5. The van der Waals surface area contributed by atoms with Gasteiger partial charge in [-0.3, -0.25) is 0 Å². The highest BCUT2D eigenvalue weighted by Gasteiger charge is 2.05. The van der Waals surface area contributed by atoms with E-state index in [1.54, 1.807) is 12.3 Å². The molecule has 104 valence electrons. The van der Waals surface area contributed by atoms with Gasteiger partial charge in [0.05, 0.1) is 12.2 Å². The smallest absolute Gasteiger partial charge is 0.163 e. The number of nitrogens with zero attached hydrogens (tertiary/aromatic N) is 4. The minimum absolute atomic E-state index is 0.425. The second-order valence-electron chi connectivity index (χ2n) is 4.42. The van der Waals surface area contributed by atoms with Crippen LogP contribution in [0.2, 0.25) is 0 Å². The molecular weight excluding hydrogens is 264 g/mol. The Morgan fingerprint density at radius 2 is 1.90 bits per heavy atom. The second kappa shape index (κ2) is 5.96. The maximum Gasteiger partial charge on any atom is 0.163 e. The molecule has 0 amide bonds. The molecule has 0 aliphatic rings. The van der Waals surface area contributed by atoms with E-state index < -0.39 is 0 Å². The van der Waals surface area contributed by atoms with E-state index in [4.69, 9.17) is 5.73 Å². The van der Waals surface area contributed by atoms with Crippen molar-refractivity contribution in [1.82, 2.24) is 19.9 Å². The molecule has 0 saturated carbocycles. The Labute approximate surface area is 122 Å². The van der Waals surface area contributed by atoms with E-state index in [9.17, 15) is 0 Å². The van der Waals surface area contributed by atoms with Crippen molar-refractivity contribution in [2.24, 2.45) is 0 Å². The molecule has 0 saturated heterocycles. The molecule has 0 aliphatic carbocycles. The summed E-state index contributed by atoms with van der Waals surface area (Å²) < 4.78 is 0. The van der Waals surface area contributed by atoms with E-state index in [1.807, 2.05) is 36.4 Å². The van der Waals surface area contributed by atoms with Crippen molar-refractivity contribution < 1.29 is 0 Å². The first-order valence-corrected chi connectivity index (χ1v) is 6.50. The van der Waals surface area contributed by atoms with Crippen LogP contribution in [0.1, 0.15) is 5.69 Å². The third-order valence-electron chi connectivity index (χ3n) is 2.87. The molecule has 0 fully saturated rings. The lowest BCUT2D eigenvalue weighted by Crippen LogP contribution is -2.06. The largest absolute Gasteiger partial charge is 0.384 e. The van der Waals surface area contributed by atoms with Gasteiger partial charge in [0.25, 0.3) is 0 Å². The number of benzene rings is 1. The van der Waals surface area contributed by atoms with E-state index in [2.05, 4.69) is 25.3 Å². The van der Waals surface area contributed by atoms with Crippen molar-refractivity contribution in [3.63, 3.8) is 0 Å². The number of hydrogen-bond donors (Lipinski definition) is 2. The standard InChI is InChI=1S/C15H14N6/c16-13-8-14(18-9-12-6-7-17-10-19-12)21-15(20-13)11-4-2-1-3-5-11/h1-8,10H,9H2,(H3,16,18,20,21). The number of hydrogen-bond acceptors (Lipinski definition) is 6. The summed E-state index contributed by atoms with van der Waals surface area (Å²) in [5, 5.41) is 3.19. The number of nitrogen functional groups attached to an aromatic ring is 1. The maximum absolute atomic E-state index is 5.85. The summed E-state index contributed by atoms with van der Waals surface area (Å²) in [6.07, 6.45) is 3.22. The Kier molecular flexibility index (Phi) is 3.68. The van der Waals surface area contributed by atoms with Crippen molar-refractivity contribution in [3.8, 4) is 11.4 Å². The van der Waals surface area contributed by atoms with Crippen LogP contribution in [0.4, 0.5) is 11.6 Å². The zero-order valence-corrected chi connectivity index (χ0v) is 11.3. The summed E-state index contributed by atoms with van der Waals surface area (Å²) in [7, 11) is 0. The predicted molar refractivity (Wildman–Crippen MR) is 81.2 cm³/mol. The molecule has 0 bridgehead atoms. The van der Waals surface area contributed by atoms with Gasteiger partial charge in [0.2, 0.25) is 0 Å². The Balaban J connectivity index is 1.82. The lowest BCUT2D eigenvalue weighted by molar-refractivity contribution is 0.993. The molecule has 0 aliphatic heterocycles. The Morgan fingerprint density at radius 1 is 1.05 bits per heavy atom. The van der Waals surface area contributed by atoms with Crippen molar-refractivity contribution in [1.29, 1.82) is 0 Å². The highest BCUT2D eigenvalue weighted by molar-refractivity contribution is 5.60. The fraction of sp³-hybridized carbons (Fsp3) is 0.0667. The molecule has 2 heterocycles. The monoisotopic (exact) mass is 278 g/mol. The topological polar surface area (TPSA) is 89.6 Å². The fourth-order valence-corrected chi connectivity index (χ4v) is 1.88. The molecule has 2 aromatic heterocycles. The Bertz CT molecular complexity index is 715. The van der Waals surface area contributed by atoms with Gasteiger partial charge in [-0.1, -0.05) is 30.3 Å². The van der Waals surface area contributed by atoms with Crippen molar-refractivity contribution in [3.05, 3.63) is 60.7 Å². The van der Waals surface area contributed by atoms with Crippen LogP contribution in [0.3, 0.4) is 0 Å². The summed E-state index contributed by atoms with van der Waals surface area (Å²) in [6.45, 7) is 0.549. The molecule has 6 nitrogen and oxygen atoms in total. The van der Waals surface area contributed by atoms with Crippen LogP contribution in [0.25, 0.3) is 11.4 Å². The van der Waals surface area contributed by atoms with E-state index in [1.165, 1.54) is 6.33 Å². The van der Waals surface area contributed by atoms with Crippen LogP contribution in [-0.2, 0) is 6.54 Å². The van der Waals surface area contributed by atoms with Crippen molar-refractivity contribution >= 4 is 11.6 Å². The van der Waals surface area contributed by atoms with Crippen LogP contribution < -0.4 is 11.1 Å². The zero-order valence-electron chi connectivity index (χ0n) is 11.3. The molecule has 0 radical (unpaired) electrons. The lowest BCUT2D eigenvalue weighted by atomic mass is 10.2. The average molecular weight is 278 g/mol. The fourth-order valence-electron chi connectivity index (χ4n) is 1.88. The minimum atomic E-state index is 0.425. The van der Waals surface area contributed by atoms with Crippen molar-refractivity contribution in [2.75, 3.05) is 11.1 Å². The van der Waals surface area contributed by atoms with Crippen LogP contribution in [-0.4, -0.2) is 19.9 Å². The first kappa shape index (κ1) is 13.0. The highest BCUT2D eigenvalue weighted by atomic mass is 15.1. The SMILES string of the molecule is Nc1cc(NCc2ccncn2)nc(-c2ccccc2)n1. The van der Waals surface area contributed by atoms with E-state index in [-0.39, 0.29) is 0 Å². The molecular formula is C15H14N6. The second-order valence-corrected chi connectivity index (χ2v) is 4.42. The normalized spacial score (nSPS) is 10.3. The van der Waals surface area contributed by atoms with Crippen LogP contribution >= 0.6 is 0 Å². The molecule has 6 heteroatoms. The summed E-state index contributed by atoms with van der Waals surface area (Å²) >= 11 is 0. The molecule has 0 unspecified atom stereocenters. The van der Waals surface area contributed by atoms with Gasteiger partial charge >= 0.3 is 0 Å². The Morgan fingerprint density at radius 3 is 2.67 bits per heavy atom. The van der Waals surface area contributed by atoms with Crippen LogP contribution in [0.15, 0.2) is 55.0 Å². The molecule has 1 aromatic carbocycles. The van der Waals surface area contributed by atoms with E-state index >= 15 is 0 Å².